The monoisotopic (exact) mass is 356 g/mol. The van der Waals surface area contributed by atoms with Gasteiger partial charge >= 0.3 is 0 Å². The van der Waals surface area contributed by atoms with E-state index in [1.54, 1.807) is 11.3 Å². The maximum atomic E-state index is 6.26. The van der Waals surface area contributed by atoms with Crippen LogP contribution < -0.4 is 5.32 Å². The van der Waals surface area contributed by atoms with E-state index in [0.29, 0.717) is 9.69 Å². The Morgan fingerprint density at radius 3 is 2.95 bits per heavy atom. The van der Waals surface area contributed by atoms with Crippen LogP contribution in [0.25, 0.3) is 10.2 Å². The molecule has 3 nitrogen and oxygen atoms in total. The summed E-state index contributed by atoms with van der Waals surface area (Å²) in [6.07, 6.45) is 0. The van der Waals surface area contributed by atoms with Crippen molar-refractivity contribution in [2.75, 3.05) is 5.32 Å². The zero-order chi connectivity index (χ0) is 13.4. The number of fused-ring (bicyclic) bond motifs is 1. The molecule has 1 unspecified atom stereocenters. The average molecular weight is 358 g/mol. The largest absolute Gasteiger partial charge is 0.452 e. The Hall–Kier alpha value is -1.04. The van der Waals surface area contributed by atoms with Gasteiger partial charge in [-0.3, -0.25) is 0 Å². The smallest absolute Gasteiger partial charge is 0.169 e. The molecule has 19 heavy (non-hydrogen) atoms. The topological polar surface area (TPSA) is 38.1 Å². The van der Waals surface area contributed by atoms with Gasteiger partial charge in [-0.25, -0.2) is 4.98 Å². The number of anilines is 1. The highest BCUT2D eigenvalue weighted by atomic mass is 79.9. The third-order valence-electron chi connectivity index (χ3n) is 2.83. The molecule has 0 saturated heterocycles. The quantitative estimate of drug-likeness (QED) is 0.674. The van der Waals surface area contributed by atoms with Crippen LogP contribution >= 0.6 is 38.9 Å². The summed E-state index contributed by atoms with van der Waals surface area (Å²) in [6.45, 7) is 2.02. The summed E-state index contributed by atoms with van der Waals surface area (Å²) in [4.78, 5) is 4.36. The molecule has 0 spiro atoms. The minimum Gasteiger partial charge on any atom is -0.452 e. The summed E-state index contributed by atoms with van der Waals surface area (Å²) in [6, 6.07) is 7.68. The number of halogens is 2. The summed E-state index contributed by atoms with van der Waals surface area (Å²) in [5, 5.41) is 4.03. The fraction of sp³-hybridized carbons (Fsp3) is 0.154. The molecule has 98 valence electrons. The Bertz CT molecular complexity index is 724. The van der Waals surface area contributed by atoms with Crippen LogP contribution in [0, 0.1) is 0 Å². The SMILES string of the molecule is CC(Nc1c(Cl)ccc2scnc12)c1ccc(Br)o1. The Morgan fingerprint density at radius 1 is 1.37 bits per heavy atom. The van der Waals surface area contributed by atoms with Gasteiger partial charge in [0.05, 0.1) is 27.0 Å². The average Bonchev–Trinajstić information content (AvgIpc) is 3.01. The lowest BCUT2D eigenvalue weighted by Crippen LogP contribution is -2.06. The van der Waals surface area contributed by atoms with Crippen LogP contribution in [0.4, 0.5) is 5.69 Å². The van der Waals surface area contributed by atoms with Gasteiger partial charge in [0.25, 0.3) is 0 Å². The molecule has 3 rings (SSSR count). The molecule has 0 aliphatic rings. The lowest BCUT2D eigenvalue weighted by Gasteiger charge is -2.14. The zero-order valence-corrected chi connectivity index (χ0v) is 13.1. The van der Waals surface area contributed by atoms with Crippen LogP contribution in [0.3, 0.4) is 0 Å². The summed E-state index contributed by atoms with van der Waals surface area (Å²) in [5.74, 6) is 0.843. The van der Waals surface area contributed by atoms with Crippen molar-refractivity contribution >= 4 is 54.8 Å². The molecule has 1 atom stereocenters. The van der Waals surface area contributed by atoms with Crippen LogP contribution in [0.15, 0.2) is 38.9 Å². The number of rotatable bonds is 3. The van der Waals surface area contributed by atoms with E-state index < -0.39 is 0 Å². The van der Waals surface area contributed by atoms with E-state index in [9.17, 15) is 0 Å². The molecule has 0 fully saturated rings. The van der Waals surface area contributed by atoms with Crippen LogP contribution in [0.1, 0.15) is 18.7 Å². The molecule has 0 saturated carbocycles. The first-order valence-electron chi connectivity index (χ1n) is 5.68. The molecule has 0 radical (unpaired) electrons. The highest BCUT2D eigenvalue weighted by Gasteiger charge is 2.14. The van der Waals surface area contributed by atoms with E-state index in [1.807, 2.05) is 36.7 Å². The Balaban J connectivity index is 1.96. The number of nitrogens with zero attached hydrogens (tertiary/aromatic N) is 1. The fourth-order valence-electron chi connectivity index (χ4n) is 1.89. The van der Waals surface area contributed by atoms with Crippen molar-refractivity contribution in [3.05, 3.63) is 45.2 Å². The first kappa shape index (κ1) is 13.0. The van der Waals surface area contributed by atoms with Gasteiger partial charge in [-0.05, 0) is 47.1 Å². The van der Waals surface area contributed by atoms with E-state index in [0.717, 1.165) is 21.7 Å². The Morgan fingerprint density at radius 2 is 2.21 bits per heavy atom. The summed E-state index contributed by atoms with van der Waals surface area (Å²) in [7, 11) is 0. The van der Waals surface area contributed by atoms with Crippen molar-refractivity contribution in [3.63, 3.8) is 0 Å². The Kier molecular flexibility index (Phi) is 3.52. The van der Waals surface area contributed by atoms with E-state index >= 15 is 0 Å². The van der Waals surface area contributed by atoms with Crippen LogP contribution in [-0.2, 0) is 0 Å². The number of nitrogens with one attached hydrogen (secondary N) is 1. The first-order valence-corrected chi connectivity index (χ1v) is 7.73. The summed E-state index contributed by atoms with van der Waals surface area (Å²) < 4.78 is 7.37. The van der Waals surface area contributed by atoms with Gasteiger partial charge in [-0.15, -0.1) is 11.3 Å². The van der Waals surface area contributed by atoms with Crippen molar-refractivity contribution < 1.29 is 4.42 Å². The summed E-state index contributed by atoms with van der Waals surface area (Å²) >= 11 is 11.2. The van der Waals surface area contributed by atoms with E-state index in [1.165, 1.54) is 0 Å². The second-order valence-corrected chi connectivity index (χ2v) is 6.20. The van der Waals surface area contributed by atoms with E-state index in [2.05, 4.69) is 26.2 Å². The number of hydrogen-bond donors (Lipinski definition) is 1. The third-order valence-corrected chi connectivity index (χ3v) is 4.37. The molecule has 6 heteroatoms. The third kappa shape index (κ3) is 2.50. The molecule has 0 amide bonds. The molecule has 1 aromatic carbocycles. The van der Waals surface area contributed by atoms with Crippen LogP contribution in [0.2, 0.25) is 5.02 Å². The highest BCUT2D eigenvalue weighted by Crippen LogP contribution is 2.35. The number of benzene rings is 1. The maximum absolute atomic E-state index is 6.26. The maximum Gasteiger partial charge on any atom is 0.169 e. The van der Waals surface area contributed by atoms with Gasteiger partial charge in [-0.2, -0.15) is 0 Å². The number of furan rings is 1. The van der Waals surface area contributed by atoms with E-state index in [-0.39, 0.29) is 6.04 Å². The lowest BCUT2D eigenvalue weighted by atomic mass is 10.2. The lowest BCUT2D eigenvalue weighted by molar-refractivity contribution is 0.471. The van der Waals surface area contributed by atoms with Gasteiger partial charge in [0.2, 0.25) is 0 Å². The Labute approximate surface area is 127 Å². The van der Waals surface area contributed by atoms with Crippen molar-refractivity contribution in [2.45, 2.75) is 13.0 Å². The predicted octanol–water partition coefficient (Wildman–Crippen LogP) is 5.48. The van der Waals surface area contributed by atoms with Gasteiger partial charge in [0.1, 0.15) is 11.3 Å². The zero-order valence-electron chi connectivity index (χ0n) is 9.98. The fourth-order valence-corrected chi connectivity index (χ4v) is 3.10. The molecule has 0 aliphatic heterocycles. The van der Waals surface area contributed by atoms with Crippen molar-refractivity contribution in [2.24, 2.45) is 0 Å². The minimum absolute atomic E-state index is 0.0103. The molecule has 3 aromatic rings. The van der Waals surface area contributed by atoms with Crippen molar-refractivity contribution in [1.29, 1.82) is 0 Å². The molecule has 2 aromatic heterocycles. The predicted molar refractivity (Wildman–Crippen MR) is 83.1 cm³/mol. The molecular formula is C13H10BrClN2OS. The molecule has 1 N–H and O–H groups in total. The van der Waals surface area contributed by atoms with Crippen molar-refractivity contribution in [3.8, 4) is 0 Å². The van der Waals surface area contributed by atoms with Gasteiger partial charge in [-0.1, -0.05) is 11.6 Å². The van der Waals surface area contributed by atoms with Crippen LogP contribution in [0.5, 0.6) is 0 Å². The molecule has 2 heterocycles. The van der Waals surface area contributed by atoms with Gasteiger partial charge in [0, 0.05) is 0 Å². The minimum atomic E-state index is 0.0103. The standard InChI is InChI=1S/C13H10BrClN2OS/c1-7(9-3-5-11(14)18-9)17-12-8(15)2-4-10-13(12)16-6-19-10/h2-7,17H,1H3. The molecule has 0 bridgehead atoms. The second-order valence-electron chi connectivity index (χ2n) is 4.13. The van der Waals surface area contributed by atoms with Crippen molar-refractivity contribution in [1.82, 2.24) is 4.98 Å². The highest BCUT2D eigenvalue weighted by molar-refractivity contribution is 9.10. The number of aromatic nitrogens is 1. The molecule has 0 aliphatic carbocycles. The molecular weight excluding hydrogens is 348 g/mol. The van der Waals surface area contributed by atoms with Gasteiger partial charge in [0.15, 0.2) is 4.67 Å². The van der Waals surface area contributed by atoms with E-state index in [4.69, 9.17) is 16.0 Å². The van der Waals surface area contributed by atoms with Gasteiger partial charge < -0.3 is 9.73 Å². The second kappa shape index (κ2) is 5.15. The summed E-state index contributed by atoms with van der Waals surface area (Å²) in [5.41, 5.74) is 3.57. The number of hydrogen-bond acceptors (Lipinski definition) is 4. The first-order chi connectivity index (χ1) is 9.15. The van der Waals surface area contributed by atoms with Crippen LogP contribution in [-0.4, -0.2) is 4.98 Å². The number of thiazole rings is 1. The normalized spacial score (nSPS) is 12.8.